The molecule has 1 amide bonds. The molecule has 0 aliphatic carbocycles. The van der Waals surface area contributed by atoms with E-state index < -0.39 is 13.0 Å². The van der Waals surface area contributed by atoms with Gasteiger partial charge in [0.05, 0.1) is 6.54 Å². The molecule has 1 aromatic rings. The Balaban J connectivity index is 1.81. The molecule has 8 heteroatoms. The quantitative estimate of drug-likeness (QED) is 0.855. The van der Waals surface area contributed by atoms with Crippen LogP contribution in [0, 0.1) is 11.7 Å². The number of pyridine rings is 1. The maximum absolute atomic E-state index is 13.8. The van der Waals surface area contributed by atoms with Gasteiger partial charge in [0.15, 0.2) is 11.6 Å². The number of piperidine rings is 1. The van der Waals surface area contributed by atoms with Crippen molar-refractivity contribution in [3.05, 3.63) is 22.6 Å². The van der Waals surface area contributed by atoms with Crippen molar-refractivity contribution in [1.29, 1.82) is 0 Å². The van der Waals surface area contributed by atoms with Crippen LogP contribution in [0.5, 0.6) is 0 Å². The maximum Gasteiger partial charge on any atom is 0.255 e. The maximum atomic E-state index is 13.8. The molecular weight excluding hydrogens is 363 g/mol. The van der Waals surface area contributed by atoms with Gasteiger partial charge < -0.3 is 10.2 Å². The number of aromatic nitrogens is 1. The molecule has 4 nitrogen and oxygen atoms in total. The zero-order valence-corrected chi connectivity index (χ0v) is 13.5. The van der Waals surface area contributed by atoms with Crippen molar-refractivity contribution in [2.75, 3.05) is 24.5 Å². The highest BCUT2D eigenvalue weighted by Gasteiger charge is 2.24. The Morgan fingerprint density at radius 2 is 2.14 bits per heavy atom. The zero-order valence-electron chi connectivity index (χ0n) is 11.9. The minimum atomic E-state index is -2.53. The van der Waals surface area contributed by atoms with Crippen LogP contribution in [0.3, 0.4) is 0 Å². The predicted octanol–water partition coefficient (Wildman–Crippen LogP) is 2.97. The van der Waals surface area contributed by atoms with Gasteiger partial charge in [0.25, 0.3) is 6.43 Å². The first-order valence-electron chi connectivity index (χ1n) is 7.06. The van der Waals surface area contributed by atoms with Crippen LogP contribution in [0.4, 0.5) is 19.0 Å². The number of rotatable bonds is 5. The highest BCUT2D eigenvalue weighted by Crippen LogP contribution is 2.26. The lowest BCUT2D eigenvalue weighted by Crippen LogP contribution is -2.37. The molecule has 0 saturated carbocycles. The number of amides is 1. The standard InChI is InChI=1S/C14H17BrF3N3O/c15-10-6-11(16)14(20-7-10)21-3-1-9(2-4-21)5-13(22)19-8-12(17)18/h6-7,9,12H,1-5,8H2,(H,19,22). The molecule has 22 heavy (non-hydrogen) atoms. The van der Waals surface area contributed by atoms with Gasteiger partial charge in [-0.25, -0.2) is 18.2 Å². The van der Waals surface area contributed by atoms with Crippen LogP contribution in [-0.4, -0.2) is 37.0 Å². The summed E-state index contributed by atoms with van der Waals surface area (Å²) in [5, 5.41) is 2.21. The van der Waals surface area contributed by atoms with E-state index in [0.29, 0.717) is 36.2 Å². The Morgan fingerprint density at radius 1 is 1.45 bits per heavy atom. The second-order valence-corrected chi connectivity index (χ2v) is 6.20. The summed E-state index contributed by atoms with van der Waals surface area (Å²) >= 11 is 3.16. The van der Waals surface area contributed by atoms with Crippen molar-refractivity contribution < 1.29 is 18.0 Å². The number of carbonyl (C=O) groups is 1. The summed E-state index contributed by atoms with van der Waals surface area (Å²) in [5.74, 6) is -0.301. The highest BCUT2D eigenvalue weighted by atomic mass is 79.9. The summed E-state index contributed by atoms with van der Waals surface area (Å²) in [7, 11) is 0. The SMILES string of the molecule is O=C(CC1CCN(c2ncc(Br)cc2F)CC1)NCC(F)F. The van der Waals surface area contributed by atoms with Crippen LogP contribution in [0.15, 0.2) is 16.7 Å². The van der Waals surface area contributed by atoms with E-state index in [0.717, 1.165) is 0 Å². The molecule has 0 atom stereocenters. The molecule has 1 aliphatic heterocycles. The molecule has 1 saturated heterocycles. The van der Waals surface area contributed by atoms with E-state index in [1.165, 1.54) is 6.07 Å². The van der Waals surface area contributed by atoms with Crippen molar-refractivity contribution in [3.8, 4) is 0 Å². The summed E-state index contributed by atoms with van der Waals surface area (Å²) in [6.07, 6.45) is 0.662. The van der Waals surface area contributed by atoms with E-state index in [4.69, 9.17) is 0 Å². The van der Waals surface area contributed by atoms with Gasteiger partial charge in [-0.15, -0.1) is 0 Å². The molecule has 1 aromatic heterocycles. The van der Waals surface area contributed by atoms with Gasteiger partial charge in [-0.2, -0.15) is 0 Å². The molecule has 122 valence electrons. The number of halogens is 4. The number of nitrogens with one attached hydrogen (secondary N) is 1. The van der Waals surface area contributed by atoms with Crippen LogP contribution in [0.2, 0.25) is 0 Å². The molecule has 2 heterocycles. The van der Waals surface area contributed by atoms with Gasteiger partial charge in [-0.05, 0) is 40.8 Å². The van der Waals surface area contributed by atoms with Crippen LogP contribution < -0.4 is 10.2 Å². The van der Waals surface area contributed by atoms with Crippen LogP contribution >= 0.6 is 15.9 Å². The van der Waals surface area contributed by atoms with Gasteiger partial charge in [0.1, 0.15) is 0 Å². The summed E-state index contributed by atoms with van der Waals surface area (Å²) < 4.78 is 38.5. The number of alkyl halides is 2. The molecular formula is C14H17BrF3N3O. The Hall–Kier alpha value is -1.31. The highest BCUT2D eigenvalue weighted by molar-refractivity contribution is 9.10. The number of hydrogen-bond acceptors (Lipinski definition) is 3. The monoisotopic (exact) mass is 379 g/mol. The minimum absolute atomic E-state index is 0.132. The topological polar surface area (TPSA) is 45.2 Å². The normalized spacial score (nSPS) is 16.1. The van der Waals surface area contributed by atoms with E-state index in [1.54, 1.807) is 6.20 Å². The summed E-state index contributed by atoms with van der Waals surface area (Å²) in [5.41, 5.74) is 0. The lowest BCUT2D eigenvalue weighted by atomic mass is 9.93. The van der Waals surface area contributed by atoms with E-state index in [1.807, 2.05) is 4.90 Å². The second kappa shape index (κ2) is 7.80. The van der Waals surface area contributed by atoms with Crippen molar-refractivity contribution in [1.82, 2.24) is 10.3 Å². The van der Waals surface area contributed by atoms with Gasteiger partial charge in [0, 0.05) is 30.2 Å². The minimum Gasteiger partial charge on any atom is -0.354 e. The van der Waals surface area contributed by atoms with E-state index in [2.05, 4.69) is 26.2 Å². The van der Waals surface area contributed by atoms with Gasteiger partial charge in [0.2, 0.25) is 5.91 Å². The first-order chi connectivity index (χ1) is 10.5. The molecule has 1 fully saturated rings. The first kappa shape index (κ1) is 17.1. The zero-order chi connectivity index (χ0) is 16.1. The third kappa shape index (κ3) is 4.86. The third-order valence-corrected chi connectivity index (χ3v) is 4.06. The van der Waals surface area contributed by atoms with Gasteiger partial charge in [-0.3, -0.25) is 4.79 Å². The average molecular weight is 380 g/mol. The van der Waals surface area contributed by atoms with Gasteiger partial charge in [-0.1, -0.05) is 0 Å². The fourth-order valence-electron chi connectivity index (χ4n) is 2.51. The number of anilines is 1. The number of carbonyl (C=O) groups excluding carboxylic acids is 1. The van der Waals surface area contributed by atoms with Crippen LogP contribution in [0.1, 0.15) is 19.3 Å². The molecule has 1 N–H and O–H groups in total. The Labute approximate surface area is 135 Å². The third-order valence-electron chi connectivity index (χ3n) is 3.63. The second-order valence-electron chi connectivity index (χ2n) is 5.29. The van der Waals surface area contributed by atoms with E-state index in [9.17, 15) is 18.0 Å². The lowest BCUT2D eigenvalue weighted by molar-refractivity contribution is -0.122. The fourth-order valence-corrected chi connectivity index (χ4v) is 2.82. The largest absolute Gasteiger partial charge is 0.354 e. The summed E-state index contributed by atoms with van der Waals surface area (Å²) in [6, 6.07) is 1.37. The Kier molecular flexibility index (Phi) is 6.05. The summed E-state index contributed by atoms with van der Waals surface area (Å²) in [4.78, 5) is 17.4. The molecule has 1 aliphatic rings. The van der Waals surface area contributed by atoms with Crippen molar-refractivity contribution in [2.24, 2.45) is 5.92 Å². The Morgan fingerprint density at radius 3 is 2.73 bits per heavy atom. The van der Waals surface area contributed by atoms with Crippen LogP contribution in [0.25, 0.3) is 0 Å². The lowest BCUT2D eigenvalue weighted by Gasteiger charge is -2.32. The predicted molar refractivity (Wildman–Crippen MR) is 80.5 cm³/mol. The fraction of sp³-hybridized carbons (Fsp3) is 0.571. The van der Waals surface area contributed by atoms with Crippen molar-refractivity contribution >= 4 is 27.7 Å². The Bertz CT molecular complexity index is 522. The van der Waals surface area contributed by atoms with E-state index in [-0.39, 0.29) is 24.1 Å². The van der Waals surface area contributed by atoms with Crippen LogP contribution in [-0.2, 0) is 4.79 Å². The molecule has 0 radical (unpaired) electrons. The number of nitrogens with zero attached hydrogens (tertiary/aromatic N) is 2. The van der Waals surface area contributed by atoms with Crippen molar-refractivity contribution in [2.45, 2.75) is 25.7 Å². The molecule has 0 spiro atoms. The first-order valence-corrected chi connectivity index (χ1v) is 7.86. The number of hydrogen-bond donors (Lipinski definition) is 1. The molecule has 0 bridgehead atoms. The van der Waals surface area contributed by atoms with E-state index >= 15 is 0 Å². The van der Waals surface area contributed by atoms with Crippen molar-refractivity contribution in [3.63, 3.8) is 0 Å². The smallest absolute Gasteiger partial charge is 0.255 e. The molecule has 0 unspecified atom stereocenters. The average Bonchev–Trinajstić information content (AvgIpc) is 2.46. The summed E-state index contributed by atoms with van der Waals surface area (Å²) in [6.45, 7) is 0.586. The molecule has 0 aromatic carbocycles. The van der Waals surface area contributed by atoms with Gasteiger partial charge >= 0.3 is 0 Å². The molecule has 2 rings (SSSR count).